The standard InChI is InChI=1S/C23H36N6O2/c1-3-29-22-19(16-26-29)21(27-17(2)18-7-5-4-6-8-18)20(15-25-22)23(30)24-9-10-28-11-13-31-14-12-28/h15-18H,3-14H2,1-2H3,(H,24,30)(H,25,27)/t17-/m1/s1. The molecule has 0 unspecified atom stereocenters. The Kier molecular flexibility index (Phi) is 7.40. The lowest BCUT2D eigenvalue weighted by Crippen LogP contribution is -2.41. The first-order valence-electron chi connectivity index (χ1n) is 11.9. The van der Waals surface area contributed by atoms with Gasteiger partial charge in [0.2, 0.25) is 0 Å². The van der Waals surface area contributed by atoms with Crippen LogP contribution in [0.25, 0.3) is 11.0 Å². The molecule has 1 amide bonds. The smallest absolute Gasteiger partial charge is 0.255 e. The van der Waals surface area contributed by atoms with Crippen LogP contribution in [0.2, 0.25) is 0 Å². The molecule has 170 valence electrons. The van der Waals surface area contributed by atoms with Crippen LogP contribution in [0.1, 0.15) is 56.3 Å². The van der Waals surface area contributed by atoms with E-state index in [1.165, 1.54) is 32.1 Å². The van der Waals surface area contributed by atoms with Gasteiger partial charge in [0.05, 0.1) is 36.0 Å². The van der Waals surface area contributed by atoms with Crippen molar-refractivity contribution in [2.45, 2.75) is 58.5 Å². The number of morpholine rings is 1. The van der Waals surface area contributed by atoms with Gasteiger partial charge >= 0.3 is 0 Å². The summed E-state index contributed by atoms with van der Waals surface area (Å²) in [5.41, 5.74) is 2.30. The summed E-state index contributed by atoms with van der Waals surface area (Å²) in [6.07, 6.45) is 9.97. The predicted molar refractivity (Wildman–Crippen MR) is 122 cm³/mol. The highest BCUT2D eigenvalue weighted by Gasteiger charge is 2.24. The number of carbonyl (C=O) groups is 1. The number of rotatable bonds is 8. The molecular weight excluding hydrogens is 392 g/mol. The van der Waals surface area contributed by atoms with Gasteiger partial charge in [0.1, 0.15) is 0 Å². The number of hydrogen-bond acceptors (Lipinski definition) is 6. The molecule has 2 N–H and O–H groups in total. The second-order valence-electron chi connectivity index (χ2n) is 8.79. The number of ether oxygens (including phenoxy) is 1. The van der Waals surface area contributed by atoms with E-state index in [-0.39, 0.29) is 5.91 Å². The third kappa shape index (κ3) is 5.18. The van der Waals surface area contributed by atoms with Crippen molar-refractivity contribution in [3.05, 3.63) is 18.0 Å². The molecule has 31 heavy (non-hydrogen) atoms. The molecule has 0 bridgehead atoms. The Hall–Kier alpha value is -2.19. The Bertz CT molecular complexity index is 870. The average Bonchev–Trinajstić information content (AvgIpc) is 3.24. The molecule has 8 heteroatoms. The van der Waals surface area contributed by atoms with Crippen LogP contribution in [0, 0.1) is 5.92 Å². The molecule has 2 aromatic heterocycles. The lowest BCUT2D eigenvalue weighted by molar-refractivity contribution is 0.0383. The minimum atomic E-state index is -0.0785. The fraction of sp³-hybridized carbons (Fsp3) is 0.696. The molecule has 0 radical (unpaired) electrons. The van der Waals surface area contributed by atoms with E-state index in [1.54, 1.807) is 6.20 Å². The van der Waals surface area contributed by atoms with Crippen LogP contribution in [0.15, 0.2) is 12.4 Å². The van der Waals surface area contributed by atoms with Crippen molar-refractivity contribution in [2.75, 3.05) is 44.7 Å². The Labute approximate surface area is 184 Å². The topological polar surface area (TPSA) is 84.3 Å². The van der Waals surface area contributed by atoms with Crippen molar-refractivity contribution >= 4 is 22.6 Å². The van der Waals surface area contributed by atoms with Gasteiger partial charge in [-0.05, 0) is 32.6 Å². The van der Waals surface area contributed by atoms with E-state index in [1.807, 2.05) is 10.9 Å². The number of fused-ring (bicyclic) bond motifs is 1. The van der Waals surface area contributed by atoms with E-state index in [9.17, 15) is 4.79 Å². The van der Waals surface area contributed by atoms with Crippen molar-refractivity contribution in [2.24, 2.45) is 5.92 Å². The van der Waals surface area contributed by atoms with Crippen LogP contribution in [-0.4, -0.2) is 71.0 Å². The van der Waals surface area contributed by atoms with Crippen molar-refractivity contribution in [3.63, 3.8) is 0 Å². The summed E-state index contributed by atoms with van der Waals surface area (Å²) >= 11 is 0. The van der Waals surface area contributed by atoms with Gasteiger partial charge in [0, 0.05) is 45.0 Å². The lowest BCUT2D eigenvalue weighted by Gasteiger charge is -2.30. The van der Waals surface area contributed by atoms with Crippen molar-refractivity contribution < 1.29 is 9.53 Å². The van der Waals surface area contributed by atoms with Crippen molar-refractivity contribution in [1.82, 2.24) is 25.0 Å². The number of carbonyl (C=O) groups excluding carboxylic acids is 1. The van der Waals surface area contributed by atoms with Crippen LogP contribution in [0.3, 0.4) is 0 Å². The third-order valence-electron chi connectivity index (χ3n) is 6.76. The fourth-order valence-electron chi connectivity index (χ4n) is 4.81. The number of amides is 1. The van der Waals surface area contributed by atoms with Crippen molar-refractivity contribution in [1.29, 1.82) is 0 Å². The number of hydrogen-bond donors (Lipinski definition) is 2. The van der Waals surface area contributed by atoms with Crippen LogP contribution in [-0.2, 0) is 11.3 Å². The molecule has 1 saturated carbocycles. The molecule has 4 rings (SSSR count). The van der Waals surface area contributed by atoms with Gasteiger partial charge in [0.15, 0.2) is 5.65 Å². The van der Waals surface area contributed by atoms with Gasteiger partial charge < -0.3 is 15.4 Å². The lowest BCUT2D eigenvalue weighted by atomic mass is 9.84. The molecule has 1 saturated heterocycles. The summed E-state index contributed by atoms with van der Waals surface area (Å²) < 4.78 is 7.28. The number of anilines is 1. The summed E-state index contributed by atoms with van der Waals surface area (Å²) in [4.78, 5) is 20.0. The first-order valence-corrected chi connectivity index (χ1v) is 11.9. The van der Waals surface area contributed by atoms with E-state index in [0.29, 0.717) is 24.1 Å². The van der Waals surface area contributed by atoms with E-state index in [0.717, 1.165) is 56.1 Å². The zero-order chi connectivity index (χ0) is 21.6. The minimum absolute atomic E-state index is 0.0785. The van der Waals surface area contributed by atoms with Gasteiger partial charge in [-0.2, -0.15) is 5.10 Å². The van der Waals surface area contributed by atoms with E-state index >= 15 is 0 Å². The van der Waals surface area contributed by atoms with Crippen LogP contribution in [0.5, 0.6) is 0 Å². The highest BCUT2D eigenvalue weighted by molar-refractivity contribution is 6.06. The minimum Gasteiger partial charge on any atom is -0.381 e. The second kappa shape index (κ2) is 10.4. The molecule has 3 heterocycles. The van der Waals surface area contributed by atoms with Gasteiger partial charge in [-0.3, -0.25) is 9.69 Å². The molecule has 2 aromatic rings. The predicted octanol–water partition coefficient (Wildman–Crippen LogP) is 2.89. The third-order valence-corrected chi connectivity index (χ3v) is 6.76. The quantitative estimate of drug-likeness (QED) is 0.673. The maximum Gasteiger partial charge on any atom is 0.255 e. The Morgan fingerprint density at radius 2 is 2.00 bits per heavy atom. The summed E-state index contributed by atoms with van der Waals surface area (Å²) in [5.74, 6) is 0.556. The Balaban J connectivity index is 1.51. The maximum atomic E-state index is 13.1. The number of aromatic nitrogens is 3. The van der Waals surface area contributed by atoms with Crippen LogP contribution >= 0.6 is 0 Å². The summed E-state index contributed by atoms with van der Waals surface area (Å²) in [6.45, 7) is 9.87. The van der Waals surface area contributed by atoms with Gasteiger partial charge in [-0.1, -0.05) is 19.3 Å². The van der Waals surface area contributed by atoms with Gasteiger partial charge in [-0.25, -0.2) is 9.67 Å². The molecule has 2 aliphatic rings. The second-order valence-corrected chi connectivity index (χ2v) is 8.79. The molecular formula is C23H36N6O2. The van der Waals surface area contributed by atoms with Crippen LogP contribution in [0.4, 0.5) is 5.69 Å². The first-order chi connectivity index (χ1) is 15.2. The monoisotopic (exact) mass is 428 g/mol. The number of nitrogens with one attached hydrogen (secondary N) is 2. The number of pyridine rings is 1. The first kappa shape index (κ1) is 22.0. The largest absolute Gasteiger partial charge is 0.381 e. The molecule has 0 aromatic carbocycles. The SMILES string of the molecule is CCn1ncc2c(N[C@H](C)C3CCCCC3)c(C(=O)NCCN3CCOCC3)cnc21. The van der Waals surface area contributed by atoms with Crippen LogP contribution < -0.4 is 10.6 Å². The Morgan fingerprint density at radius 1 is 1.23 bits per heavy atom. The highest BCUT2D eigenvalue weighted by Crippen LogP contribution is 2.32. The van der Waals surface area contributed by atoms with Gasteiger partial charge in [0.25, 0.3) is 5.91 Å². The molecule has 1 aliphatic heterocycles. The Morgan fingerprint density at radius 3 is 2.74 bits per heavy atom. The fourth-order valence-corrected chi connectivity index (χ4v) is 4.81. The van der Waals surface area contributed by atoms with Gasteiger partial charge in [-0.15, -0.1) is 0 Å². The molecule has 2 fully saturated rings. The summed E-state index contributed by atoms with van der Waals surface area (Å²) in [6, 6.07) is 0.302. The highest BCUT2D eigenvalue weighted by atomic mass is 16.5. The summed E-state index contributed by atoms with van der Waals surface area (Å²) in [7, 11) is 0. The zero-order valence-corrected chi connectivity index (χ0v) is 18.9. The average molecular weight is 429 g/mol. The maximum absolute atomic E-state index is 13.1. The summed E-state index contributed by atoms with van der Waals surface area (Å²) in [5, 5.41) is 12.2. The zero-order valence-electron chi connectivity index (χ0n) is 18.9. The molecule has 1 atom stereocenters. The van der Waals surface area contributed by atoms with E-state index in [2.05, 4.69) is 39.5 Å². The van der Waals surface area contributed by atoms with E-state index < -0.39 is 0 Å². The molecule has 1 aliphatic carbocycles. The van der Waals surface area contributed by atoms with Crippen molar-refractivity contribution in [3.8, 4) is 0 Å². The number of aryl methyl sites for hydroxylation is 1. The molecule has 0 spiro atoms. The molecule has 8 nitrogen and oxygen atoms in total. The normalized spacial score (nSPS) is 19.4. The number of nitrogens with zero attached hydrogens (tertiary/aromatic N) is 4. The van der Waals surface area contributed by atoms with E-state index in [4.69, 9.17) is 4.74 Å².